The maximum atomic E-state index is 12.3. The van der Waals surface area contributed by atoms with Crippen LogP contribution in [0.3, 0.4) is 0 Å². The molecule has 1 unspecified atom stereocenters. The molecule has 16 heteroatoms. The number of aliphatic carboxylic acids is 1. The van der Waals surface area contributed by atoms with Gasteiger partial charge in [-0.25, -0.2) is 0 Å². The van der Waals surface area contributed by atoms with Crippen molar-refractivity contribution in [3.8, 4) is 0 Å². The van der Waals surface area contributed by atoms with Gasteiger partial charge in [0, 0.05) is 56.8 Å². The summed E-state index contributed by atoms with van der Waals surface area (Å²) in [5.74, 6) is 1.66. The highest BCUT2D eigenvalue weighted by Gasteiger charge is 2.55. The Hall–Kier alpha value is -5.16. The van der Waals surface area contributed by atoms with Gasteiger partial charge in [0.2, 0.25) is 0 Å². The molecule has 17 atom stereocenters. The number of aliphatic hydroxyl groups excluding tert-OH is 4. The summed E-state index contributed by atoms with van der Waals surface area (Å²) < 4.78 is 85.9. The van der Waals surface area contributed by atoms with E-state index in [9.17, 15) is 44.1 Å². The van der Waals surface area contributed by atoms with Crippen LogP contribution in [0.25, 0.3) is 0 Å². The van der Waals surface area contributed by atoms with Crippen molar-refractivity contribution >= 4 is 35.8 Å². The Labute approximate surface area is 549 Å². The third kappa shape index (κ3) is 31.0. The smallest absolute Gasteiger partial charge is 0.311 e. The second kappa shape index (κ2) is 39.9. The van der Waals surface area contributed by atoms with Crippen molar-refractivity contribution in [3.05, 3.63) is 86.6 Å². The molecule has 4 saturated carbocycles. The van der Waals surface area contributed by atoms with E-state index in [1.807, 2.05) is 59.8 Å². The van der Waals surface area contributed by atoms with Crippen LogP contribution in [0.1, 0.15) is 232 Å². The molecule has 516 valence electrons. The number of hydrogen-bond acceptors (Lipinski definition) is 15. The highest BCUT2D eigenvalue weighted by atomic mass is 16.6. The molecule has 0 aromatic carbocycles. The molecule has 0 amide bonds. The van der Waals surface area contributed by atoms with Crippen molar-refractivity contribution in [1.29, 1.82) is 0 Å². The lowest BCUT2D eigenvalue weighted by Gasteiger charge is -2.28. The molecule has 0 aromatic heterocycles. The molecule has 0 aromatic rings. The van der Waals surface area contributed by atoms with Crippen LogP contribution in [-0.2, 0) is 52.5 Å². The number of hydrogen-bond donors (Lipinski definition) is 5. The Morgan fingerprint density at radius 2 is 0.943 bits per heavy atom. The fraction of sp³-hybridized carbons (Fsp3) is 0.722. The number of fused-ring (bicyclic) bond motifs is 2. The number of carboxylic acid groups (broad SMARTS) is 1. The van der Waals surface area contributed by atoms with Gasteiger partial charge in [0.1, 0.15) is 30.5 Å². The lowest BCUT2D eigenvalue weighted by atomic mass is 9.79. The summed E-state index contributed by atoms with van der Waals surface area (Å²) in [5.41, 5.74) is -1.43. The van der Waals surface area contributed by atoms with E-state index in [0.717, 1.165) is 87.9 Å². The van der Waals surface area contributed by atoms with E-state index in [4.69, 9.17) is 51.7 Å². The zero-order chi connectivity index (χ0) is 75.8. The summed E-state index contributed by atoms with van der Waals surface area (Å²) in [4.78, 5) is 67.7. The van der Waals surface area contributed by atoms with Crippen LogP contribution < -0.4 is 0 Å². The average Bonchev–Trinajstić information content (AvgIpc) is 1.61. The largest absolute Gasteiger partial charge is 0.481 e. The molecule has 8 rings (SSSR count). The van der Waals surface area contributed by atoms with Gasteiger partial charge in [0.15, 0.2) is 0 Å². The number of rotatable bonds is 20. The Kier molecular flexibility index (Phi) is 32.6. The fourth-order valence-corrected chi connectivity index (χ4v) is 11.6. The van der Waals surface area contributed by atoms with E-state index in [0.29, 0.717) is 37.0 Å². The minimum atomic E-state index is -0.925. The maximum absolute atomic E-state index is 12.3. The second-order valence-electron chi connectivity index (χ2n) is 27.4. The Morgan fingerprint density at radius 3 is 1.32 bits per heavy atom. The molecular formula is C72H132O16. The number of unbranched alkanes of at least 4 members (excludes halogenated alkanes) is 3. The molecule has 0 saturated heterocycles. The Balaban J connectivity index is -0.000000204. The molecule has 88 heavy (non-hydrogen) atoms. The van der Waals surface area contributed by atoms with Gasteiger partial charge < -0.3 is 49.2 Å². The first-order valence-corrected chi connectivity index (χ1v) is 31.2. The van der Waals surface area contributed by atoms with Crippen LogP contribution in [-0.4, -0.2) is 116 Å². The lowest BCUT2D eigenvalue weighted by molar-refractivity contribution is -0.160. The normalized spacial score (nSPS) is 30.1. The molecule has 5 N–H and O–H groups in total. The number of carbonyl (C=O) groups is 6. The van der Waals surface area contributed by atoms with E-state index in [-0.39, 0.29) is 101 Å². The van der Waals surface area contributed by atoms with Gasteiger partial charge in [0.25, 0.3) is 0 Å². The number of aliphatic hydroxyl groups is 4. The number of carbonyl (C=O) groups excluding carboxylic acids is 5. The zero-order valence-electron chi connectivity index (χ0n) is 65.2. The summed E-state index contributed by atoms with van der Waals surface area (Å²) in [5, 5.41) is 46.5. The van der Waals surface area contributed by atoms with Crippen LogP contribution in [0.5, 0.6) is 0 Å². The van der Waals surface area contributed by atoms with Gasteiger partial charge >= 0.3 is 35.8 Å². The fourth-order valence-electron chi connectivity index (χ4n) is 11.6. The third-order valence-corrected chi connectivity index (χ3v) is 16.6. The van der Waals surface area contributed by atoms with Crippen molar-refractivity contribution < 1.29 is 95.8 Å². The highest BCUT2D eigenvalue weighted by molar-refractivity contribution is 5.79. The van der Waals surface area contributed by atoms with Gasteiger partial charge in [-0.3, -0.25) is 28.8 Å². The Morgan fingerprint density at radius 1 is 0.534 bits per heavy atom. The number of ether oxygens (including phenoxy) is 5. The average molecular weight is 1270 g/mol. The second-order valence-corrected chi connectivity index (χ2v) is 27.4. The molecule has 8 aliphatic rings. The quantitative estimate of drug-likeness (QED) is 0.0329. The zero-order valence-corrected chi connectivity index (χ0v) is 53.2. The predicted molar refractivity (Wildman–Crippen MR) is 362 cm³/mol. The molecule has 0 aliphatic heterocycles. The van der Waals surface area contributed by atoms with E-state index in [1.165, 1.54) is 39.5 Å². The van der Waals surface area contributed by atoms with E-state index in [1.54, 1.807) is 57.2 Å². The molecule has 0 spiro atoms. The van der Waals surface area contributed by atoms with E-state index >= 15 is 0 Å². The number of esters is 5. The first kappa shape index (κ1) is 71.9. The van der Waals surface area contributed by atoms with Crippen molar-refractivity contribution in [2.75, 3.05) is 0 Å². The summed E-state index contributed by atoms with van der Waals surface area (Å²) in [7, 11) is 0. The van der Waals surface area contributed by atoms with E-state index < -0.39 is 40.3 Å². The first-order chi connectivity index (χ1) is 45.8. The van der Waals surface area contributed by atoms with Crippen LogP contribution in [0.2, 0.25) is 0 Å². The van der Waals surface area contributed by atoms with Gasteiger partial charge in [-0.15, -0.1) is 19.7 Å². The standard InChI is InChI=1S/C19H30O4.C12H18O4.C11H18O.C10H16O3.C10H16O.C7H10O3.3CH4.6H2/c1-5-6-7-8-13-14-9-12(14)10-16(13)23-17(20)11-15(18(21)22)19(2,3)4;1-8(13)15-9-5-6-10(7-9)16-11(14)12(2,3)4;1-2-3-4-5-9-10-6-8(10)7-11(9)12;1-10(2,3)9(12)13-8-5-4-7(11)6-8;1-2-3-4-6-9-7-5-8-10(9)11;1-5(8)10-7-3-2-6(9)4-7;;;;;;;;;/h5,12-16H,1,6-11H2,2-4H3,(H,21,22);5-6,9-10H,7H2,1-4H3;2,8-12H,1,3-7H2;4-5,7-8,11H,6H2,1-3H3;2,5,7,9-11H,1,3-4,6,8H2;2-3,6-7,9H,4H2,1H3;3*1H4;6*1H/t12-,13+,14-,15+,16?;9-,10+;8-,9+,10-,11+;7-,8+;9-,10-;6-,7+;;;;;;;;;/m000011........./s1/i;;;;;;;;;6*1+1D. The predicted octanol–water partition coefficient (Wildman–Crippen LogP) is 15.4. The monoisotopic (exact) mass is 1270 g/mol. The van der Waals surface area contributed by atoms with Gasteiger partial charge in [-0.05, 0) is 197 Å². The van der Waals surface area contributed by atoms with Crippen molar-refractivity contribution in [1.82, 2.24) is 0 Å². The van der Waals surface area contributed by atoms with Crippen LogP contribution >= 0.6 is 0 Å². The molecule has 0 bridgehead atoms. The van der Waals surface area contributed by atoms with Crippen molar-refractivity contribution in [3.63, 3.8) is 0 Å². The van der Waals surface area contributed by atoms with Crippen LogP contribution in [0, 0.1) is 63.6 Å². The van der Waals surface area contributed by atoms with Gasteiger partial charge in [-0.2, -0.15) is 0 Å². The molecule has 16 nitrogen and oxygen atoms in total. The van der Waals surface area contributed by atoms with Crippen LogP contribution in [0.4, 0.5) is 0 Å². The van der Waals surface area contributed by atoms with Gasteiger partial charge in [0.05, 0.1) is 47.6 Å². The lowest BCUT2D eigenvalue weighted by Crippen LogP contribution is -2.33. The summed E-state index contributed by atoms with van der Waals surface area (Å²) in [6.07, 6.45) is 35.3. The molecule has 0 radical (unpaired) electrons. The molecule has 0 heterocycles. The van der Waals surface area contributed by atoms with Crippen LogP contribution in [0.15, 0.2) is 86.6 Å². The number of allylic oxidation sites excluding steroid dienone is 3. The molecule has 4 fully saturated rings. The summed E-state index contributed by atoms with van der Waals surface area (Å²) in [6.45, 7) is 30.2. The molecule has 8 aliphatic carbocycles. The third-order valence-electron chi connectivity index (χ3n) is 16.6. The highest BCUT2D eigenvalue weighted by Crippen LogP contribution is 2.58. The Bertz CT molecular complexity index is 2330. The summed E-state index contributed by atoms with van der Waals surface area (Å²) in [6, 6.07) is 0. The van der Waals surface area contributed by atoms with Gasteiger partial charge in [-0.1, -0.05) is 85.6 Å². The minimum absolute atomic E-state index is 0. The van der Waals surface area contributed by atoms with Crippen molar-refractivity contribution in [2.45, 2.75) is 269 Å². The molecular weight excluding hydrogens is 1120 g/mol. The van der Waals surface area contributed by atoms with Crippen molar-refractivity contribution in [2.24, 2.45) is 63.6 Å². The minimum Gasteiger partial charge on any atom is -0.481 e. The summed E-state index contributed by atoms with van der Waals surface area (Å²) >= 11 is 0. The topological polar surface area (TPSA) is 250 Å². The first-order valence-electron chi connectivity index (χ1n) is 37.2. The maximum Gasteiger partial charge on any atom is 0.311 e. The van der Waals surface area contributed by atoms with E-state index in [2.05, 4.69) is 31.9 Å². The number of carboxylic acids is 1. The SMILES string of the molecule is C.C.C.C=CCCC[C@@H]1C=CC[C@H]1O.C=CCCC[C@@H]1[C@H]2C[C@H]2C[C@H]1O.C=CCCC[C@H]1C(OC(=O)C[C@H](C(=O)O)C(C)(C)C)C[C@@H]2C[C@@H]21.CC(=O)O[C@H]1C=C[C@@H](O)C1.CC(=O)O[C@H]1C=C[C@@H](OC(=O)C(C)(C)C)C1.CC(C)(C)C(=O)O[C@@H]1C=C[C@H](O)C1.[2H][2H].[2H][2H].[2H][2H].[2H][2H].[2H][2H].[2H][2H].